The molecule has 0 fully saturated rings. The van der Waals surface area contributed by atoms with Gasteiger partial charge in [-0.2, -0.15) is 0 Å². The van der Waals surface area contributed by atoms with Crippen molar-refractivity contribution in [2.45, 2.75) is 40.0 Å². The highest BCUT2D eigenvalue weighted by atomic mass is 16.1. The van der Waals surface area contributed by atoms with Crippen molar-refractivity contribution in [2.24, 2.45) is 0 Å². The molecule has 23 heavy (non-hydrogen) atoms. The van der Waals surface area contributed by atoms with E-state index in [0.717, 1.165) is 11.3 Å². The molecule has 2 nitrogen and oxygen atoms in total. The molecule has 1 amide bonds. The molecule has 0 aliphatic heterocycles. The van der Waals surface area contributed by atoms with Crippen LogP contribution in [-0.4, -0.2) is 5.91 Å². The van der Waals surface area contributed by atoms with Crippen molar-refractivity contribution in [2.75, 3.05) is 5.32 Å². The minimum Gasteiger partial charge on any atom is -0.323 e. The normalized spacial score (nSPS) is 11.7. The van der Waals surface area contributed by atoms with Crippen molar-refractivity contribution in [3.8, 4) is 0 Å². The van der Waals surface area contributed by atoms with Gasteiger partial charge in [0.25, 0.3) is 0 Å². The van der Waals surface area contributed by atoms with Crippen LogP contribution < -0.4 is 5.32 Å². The van der Waals surface area contributed by atoms with Gasteiger partial charge >= 0.3 is 0 Å². The second-order valence-corrected chi connectivity index (χ2v) is 6.99. The van der Waals surface area contributed by atoms with Gasteiger partial charge in [-0.25, -0.2) is 0 Å². The van der Waals surface area contributed by atoms with Crippen molar-refractivity contribution >= 4 is 17.7 Å². The molecule has 0 spiro atoms. The van der Waals surface area contributed by atoms with Crippen molar-refractivity contribution < 1.29 is 4.79 Å². The molecule has 2 rings (SSSR count). The molecule has 0 atom stereocenters. The van der Waals surface area contributed by atoms with Crippen LogP contribution in [0.25, 0.3) is 6.08 Å². The lowest BCUT2D eigenvalue weighted by molar-refractivity contribution is -0.111. The topological polar surface area (TPSA) is 29.1 Å². The molecule has 2 heteroatoms. The number of anilines is 1. The lowest BCUT2D eigenvalue weighted by Crippen LogP contribution is -2.10. The lowest BCUT2D eigenvalue weighted by Gasteiger charge is -2.18. The first-order chi connectivity index (χ1) is 10.8. The molecule has 1 N–H and O–H groups in total. The van der Waals surface area contributed by atoms with Gasteiger partial charge in [-0.05, 0) is 59.7 Å². The van der Waals surface area contributed by atoms with E-state index in [0.29, 0.717) is 0 Å². The van der Waals surface area contributed by atoms with Crippen LogP contribution in [-0.2, 0) is 10.2 Å². The van der Waals surface area contributed by atoms with Crippen molar-refractivity contribution in [3.05, 3.63) is 70.8 Å². The van der Waals surface area contributed by atoms with Crippen molar-refractivity contribution in [1.82, 2.24) is 0 Å². The fourth-order valence-corrected chi connectivity index (χ4v) is 2.27. The van der Waals surface area contributed by atoms with Crippen LogP contribution in [0.3, 0.4) is 0 Å². The van der Waals surface area contributed by atoms with Gasteiger partial charge in [0, 0.05) is 11.8 Å². The van der Waals surface area contributed by atoms with Crippen LogP contribution in [0.15, 0.2) is 48.5 Å². The predicted molar refractivity (Wildman–Crippen MR) is 98.7 cm³/mol. The summed E-state index contributed by atoms with van der Waals surface area (Å²) in [6.45, 7) is 10.7. The summed E-state index contributed by atoms with van der Waals surface area (Å²) >= 11 is 0. The Hall–Kier alpha value is -2.35. The van der Waals surface area contributed by atoms with Gasteiger partial charge in [-0.3, -0.25) is 4.79 Å². The molecular formula is C21H25NO. The standard InChI is InChI=1S/C21H25NO/c1-15-6-12-19(14-16(15)2)22-20(23)13-9-17-7-10-18(11-8-17)21(3,4)5/h6-14H,1-5H3,(H,22,23)/b13-9+. The molecule has 0 unspecified atom stereocenters. The summed E-state index contributed by atoms with van der Waals surface area (Å²) < 4.78 is 0. The minimum absolute atomic E-state index is 0.117. The summed E-state index contributed by atoms with van der Waals surface area (Å²) in [5, 5.41) is 2.89. The van der Waals surface area contributed by atoms with Crippen LogP contribution >= 0.6 is 0 Å². The summed E-state index contributed by atoms with van der Waals surface area (Å²) in [6.07, 6.45) is 3.41. The van der Waals surface area contributed by atoms with E-state index in [1.807, 2.05) is 43.3 Å². The Bertz CT molecular complexity index is 718. The lowest BCUT2D eigenvalue weighted by atomic mass is 9.87. The van der Waals surface area contributed by atoms with Crippen LogP contribution in [0.1, 0.15) is 43.0 Å². The molecule has 2 aromatic carbocycles. The number of hydrogen-bond acceptors (Lipinski definition) is 1. The Labute approximate surface area is 139 Å². The first-order valence-corrected chi connectivity index (χ1v) is 7.92. The van der Waals surface area contributed by atoms with Crippen LogP contribution in [0.5, 0.6) is 0 Å². The smallest absolute Gasteiger partial charge is 0.248 e. The highest BCUT2D eigenvalue weighted by molar-refractivity contribution is 6.01. The van der Waals surface area contributed by atoms with E-state index in [9.17, 15) is 4.79 Å². The fraction of sp³-hybridized carbons (Fsp3) is 0.286. The number of benzene rings is 2. The van der Waals surface area contributed by atoms with Crippen LogP contribution in [0, 0.1) is 13.8 Å². The molecule has 0 bridgehead atoms. The Morgan fingerprint density at radius 2 is 1.61 bits per heavy atom. The highest BCUT2D eigenvalue weighted by Gasteiger charge is 2.12. The number of rotatable bonds is 3. The third-order valence-corrected chi connectivity index (χ3v) is 3.98. The highest BCUT2D eigenvalue weighted by Crippen LogP contribution is 2.22. The molecule has 0 saturated heterocycles. The van der Waals surface area contributed by atoms with Gasteiger partial charge in [-0.15, -0.1) is 0 Å². The molecule has 0 saturated carbocycles. The van der Waals surface area contributed by atoms with Gasteiger partial charge in [-0.1, -0.05) is 51.1 Å². The van der Waals surface area contributed by atoms with E-state index in [4.69, 9.17) is 0 Å². The molecule has 2 aromatic rings. The monoisotopic (exact) mass is 307 g/mol. The maximum absolute atomic E-state index is 12.0. The van der Waals surface area contributed by atoms with E-state index in [-0.39, 0.29) is 11.3 Å². The fourth-order valence-electron chi connectivity index (χ4n) is 2.27. The first-order valence-electron chi connectivity index (χ1n) is 7.92. The summed E-state index contributed by atoms with van der Waals surface area (Å²) in [7, 11) is 0. The largest absolute Gasteiger partial charge is 0.323 e. The average molecular weight is 307 g/mol. The zero-order valence-electron chi connectivity index (χ0n) is 14.6. The summed E-state index contributed by atoms with van der Waals surface area (Å²) in [5.41, 5.74) is 5.67. The van der Waals surface area contributed by atoms with Gasteiger partial charge in [0.05, 0.1) is 0 Å². The van der Waals surface area contributed by atoms with E-state index in [1.54, 1.807) is 6.08 Å². The van der Waals surface area contributed by atoms with Gasteiger partial charge in [0.15, 0.2) is 0 Å². The van der Waals surface area contributed by atoms with Gasteiger partial charge < -0.3 is 5.32 Å². The van der Waals surface area contributed by atoms with Crippen molar-refractivity contribution in [3.63, 3.8) is 0 Å². The van der Waals surface area contributed by atoms with Crippen LogP contribution in [0.2, 0.25) is 0 Å². The van der Waals surface area contributed by atoms with Gasteiger partial charge in [0.2, 0.25) is 5.91 Å². The van der Waals surface area contributed by atoms with Gasteiger partial charge in [0.1, 0.15) is 0 Å². The van der Waals surface area contributed by atoms with E-state index in [1.165, 1.54) is 16.7 Å². The van der Waals surface area contributed by atoms with Crippen molar-refractivity contribution in [1.29, 1.82) is 0 Å². The SMILES string of the molecule is Cc1ccc(NC(=O)/C=C/c2ccc(C(C)(C)C)cc2)cc1C. The molecule has 0 aromatic heterocycles. The molecule has 0 radical (unpaired) electrons. The summed E-state index contributed by atoms with van der Waals surface area (Å²) in [5.74, 6) is -0.117. The zero-order valence-corrected chi connectivity index (χ0v) is 14.6. The Morgan fingerprint density at radius 1 is 0.957 bits per heavy atom. The Balaban J connectivity index is 2.02. The quantitative estimate of drug-likeness (QED) is 0.771. The number of aryl methyl sites for hydroxylation is 2. The maximum atomic E-state index is 12.0. The maximum Gasteiger partial charge on any atom is 0.248 e. The van der Waals surface area contributed by atoms with E-state index in [2.05, 4.69) is 45.1 Å². The van der Waals surface area contributed by atoms with Crippen LogP contribution in [0.4, 0.5) is 5.69 Å². The second kappa shape index (κ2) is 6.82. The molecule has 0 heterocycles. The molecule has 120 valence electrons. The number of nitrogens with one attached hydrogen (secondary N) is 1. The average Bonchev–Trinajstić information content (AvgIpc) is 2.48. The third kappa shape index (κ3) is 4.82. The molecule has 0 aliphatic rings. The third-order valence-electron chi connectivity index (χ3n) is 3.98. The molecular weight excluding hydrogens is 282 g/mol. The van der Waals surface area contributed by atoms with E-state index >= 15 is 0 Å². The first kappa shape index (κ1) is 17.0. The number of carbonyl (C=O) groups is 1. The predicted octanol–water partition coefficient (Wildman–Crippen LogP) is 5.25. The van der Waals surface area contributed by atoms with E-state index < -0.39 is 0 Å². The molecule has 0 aliphatic carbocycles. The number of hydrogen-bond donors (Lipinski definition) is 1. The zero-order chi connectivity index (χ0) is 17.0. The Kier molecular flexibility index (Phi) is 5.05. The number of carbonyl (C=O) groups excluding carboxylic acids is 1. The minimum atomic E-state index is -0.117. The Morgan fingerprint density at radius 3 is 2.17 bits per heavy atom. The summed E-state index contributed by atoms with van der Waals surface area (Å²) in [4.78, 5) is 12.0. The summed E-state index contributed by atoms with van der Waals surface area (Å²) in [6, 6.07) is 14.2. The second-order valence-electron chi connectivity index (χ2n) is 6.99. The number of amides is 1.